The molecule has 2 rings (SSSR count). The third kappa shape index (κ3) is 2.60. The third-order valence-electron chi connectivity index (χ3n) is 2.36. The molecule has 0 unspecified atom stereocenters. The van der Waals surface area contributed by atoms with Gasteiger partial charge in [-0.05, 0) is 31.2 Å². The van der Waals surface area contributed by atoms with Crippen molar-refractivity contribution in [3.63, 3.8) is 0 Å². The number of carbonyl (C=O) groups is 1. The van der Waals surface area contributed by atoms with Crippen molar-refractivity contribution < 1.29 is 9.90 Å². The Hall–Kier alpha value is -2.49. The van der Waals surface area contributed by atoms with Crippen LogP contribution in [0.25, 0.3) is 10.9 Å². The number of aliphatic carboxylic acids is 1. The van der Waals surface area contributed by atoms with Crippen molar-refractivity contribution in [3.8, 4) is 0 Å². The number of para-hydroxylation sites is 1. The molecule has 0 atom stereocenters. The number of carboxylic acids is 1. The smallest absolute Gasteiger partial charge is 0.354 e. The molecule has 1 aromatic heterocycles. The minimum Gasteiger partial charge on any atom is -0.477 e. The molecule has 0 saturated heterocycles. The van der Waals surface area contributed by atoms with E-state index in [4.69, 9.17) is 5.11 Å². The number of allylic oxidation sites excluding steroid dienone is 1. The maximum Gasteiger partial charge on any atom is 0.354 e. The summed E-state index contributed by atoms with van der Waals surface area (Å²) in [6, 6.07) is 11.2. The van der Waals surface area contributed by atoms with Crippen LogP contribution >= 0.6 is 0 Å². The molecule has 90 valence electrons. The van der Waals surface area contributed by atoms with Crippen molar-refractivity contribution in [2.24, 2.45) is 4.99 Å². The lowest BCUT2D eigenvalue weighted by molar-refractivity contribution is -0.129. The molecule has 1 aromatic carbocycles. The summed E-state index contributed by atoms with van der Waals surface area (Å²) in [5.74, 6) is -0.674. The lowest BCUT2D eigenvalue weighted by Crippen LogP contribution is -2.09. The second-order valence-corrected chi connectivity index (χ2v) is 3.66. The average Bonchev–Trinajstić information content (AvgIpc) is 2.38. The molecule has 18 heavy (non-hydrogen) atoms. The highest BCUT2D eigenvalue weighted by Gasteiger charge is 2.05. The molecule has 4 nitrogen and oxygen atoms in total. The summed E-state index contributed by atoms with van der Waals surface area (Å²) >= 11 is 0. The van der Waals surface area contributed by atoms with Crippen molar-refractivity contribution in [3.05, 3.63) is 48.6 Å². The Kier molecular flexibility index (Phi) is 3.48. The van der Waals surface area contributed by atoms with Gasteiger partial charge in [0.1, 0.15) is 5.71 Å². The number of rotatable bonds is 3. The van der Waals surface area contributed by atoms with Gasteiger partial charge in [0.05, 0.1) is 5.52 Å². The second kappa shape index (κ2) is 5.23. The number of hydrogen-bond donors (Lipinski definition) is 1. The predicted molar refractivity (Wildman–Crippen MR) is 71.3 cm³/mol. The van der Waals surface area contributed by atoms with E-state index in [1.807, 2.05) is 30.3 Å². The molecule has 0 aliphatic rings. The van der Waals surface area contributed by atoms with Gasteiger partial charge in [0.25, 0.3) is 0 Å². The quantitative estimate of drug-likeness (QED) is 0.839. The van der Waals surface area contributed by atoms with Crippen molar-refractivity contribution in [1.29, 1.82) is 0 Å². The van der Waals surface area contributed by atoms with Crippen LogP contribution in [0.1, 0.15) is 6.92 Å². The van der Waals surface area contributed by atoms with Crippen molar-refractivity contribution in [1.82, 2.24) is 4.98 Å². The molecule has 0 saturated carbocycles. The van der Waals surface area contributed by atoms with Crippen LogP contribution in [-0.4, -0.2) is 21.8 Å². The van der Waals surface area contributed by atoms with Gasteiger partial charge in [-0.3, -0.25) is 0 Å². The molecule has 1 heterocycles. The molecular formula is C14H12N2O2. The Morgan fingerprint density at radius 3 is 2.78 bits per heavy atom. The number of nitrogens with zero attached hydrogens (tertiary/aromatic N) is 2. The maximum absolute atomic E-state index is 10.9. The molecule has 0 bridgehead atoms. The molecule has 0 amide bonds. The second-order valence-electron chi connectivity index (χ2n) is 3.66. The third-order valence-corrected chi connectivity index (χ3v) is 2.36. The Balaban J connectivity index is 2.47. The topological polar surface area (TPSA) is 62.5 Å². The van der Waals surface area contributed by atoms with Gasteiger partial charge >= 0.3 is 5.97 Å². The average molecular weight is 240 g/mol. The van der Waals surface area contributed by atoms with Crippen molar-refractivity contribution in [2.75, 3.05) is 0 Å². The van der Waals surface area contributed by atoms with Gasteiger partial charge in [-0.15, -0.1) is 0 Å². The summed E-state index contributed by atoms with van der Waals surface area (Å²) in [5.41, 5.74) is 0.768. The summed E-state index contributed by atoms with van der Waals surface area (Å²) in [5, 5.41) is 9.97. The lowest BCUT2D eigenvalue weighted by Gasteiger charge is -1.99. The Bertz CT molecular complexity index is 645. The molecule has 0 spiro atoms. The van der Waals surface area contributed by atoms with E-state index >= 15 is 0 Å². The van der Waals surface area contributed by atoms with E-state index in [9.17, 15) is 4.79 Å². The number of aromatic nitrogens is 1. The maximum atomic E-state index is 10.9. The van der Waals surface area contributed by atoms with Crippen LogP contribution in [0.4, 0.5) is 5.82 Å². The van der Waals surface area contributed by atoms with Crippen LogP contribution in [0.2, 0.25) is 0 Å². The van der Waals surface area contributed by atoms with E-state index in [1.165, 1.54) is 6.08 Å². The molecular weight excluding hydrogens is 228 g/mol. The molecule has 2 aromatic rings. The van der Waals surface area contributed by atoms with Gasteiger partial charge in [0.2, 0.25) is 0 Å². The van der Waals surface area contributed by atoms with Crippen LogP contribution in [0.15, 0.2) is 53.5 Å². The number of fused-ring (bicyclic) bond motifs is 1. The number of carboxylic acid groups (broad SMARTS) is 1. The summed E-state index contributed by atoms with van der Waals surface area (Å²) < 4.78 is 0. The molecule has 0 radical (unpaired) electrons. The minimum atomic E-state index is -1.07. The predicted octanol–water partition coefficient (Wildman–Crippen LogP) is 2.97. The molecule has 0 fully saturated rings. The highest BCUT2D eigenvalue weighted by molar-refractivity contribution is 6.40. The van der Waals surface area contributed by atoms with E-state index in [1.54, 1.807) is 19.1 Å². The van der Waals surface area contributed by atoms with Gasteiger partial charge in [-0.2, -0.15) is 0 Å². The highest BCUT2D eigenvalue weighted by atomic mass is 16.4. The number of pyridine rings is 1. The first-order valence-electron chi connectivity index (χ1n) is 5.51. The first kappa shape index (κ1) is 12.0. The molecule has 0 aliphatic carbocycles. The summed E-state index contributed by atoms with van der Waals surface area (Å²) in [4.78, 5) is 19.3. The van der Waals surface area contributed by atoms with Gasteiger partial charge in [-0.25, -0.2) is 14.8 Å². The fourth-order valence-electron chi connectivity index (χ4n) is 1.56. The van der Waals surface area contributed by atoms with E-state index in [0.717, 1.165) is 10.9 Å². The largest absolute Gasteiger partial charge is 0.477 e. The van der Waals surface area contributed by atoms with Gasteiger partial charge in [0.15, 0.2) is 5.82 Å². The zero-order valence-electron chi connectivity index (χ0n) is 9.87. The number of benzene rings is 1. The van der Waals surface area contributed by atoms with E-state index in [-0.39, 0.29) is 5.71 Å². The van der Waals surface area contributed by atoms with Crippen molar-refractivity contribution >= 4 is 28.4 Å². The van der Waals surface area contributed by atoms with E-state index < -0.39 is 5.97 Å². The zero-order chi connectivity index (χ0) is 13.0. The summed E-state index contributed by atoms with van der Waals surface area (Å²) in [7, 11) is 0. The van der Waals surface area contributed by atoms with Crippen LogP contribution in [-0.2, 0) is 4.79 Å². The lowest BCUT2D eigenvalue weighted by atomic mass is 10.2. The Morgan fingerprint density at radius 2 is 2.06 bits per heavy atom. The molecule has 4 heteroatoms. The first-order valence-corrected chi connectivity index (χ1v) is 5.51. The van der Waals surface area contributed by atoms with E-state index in [0.29, 0.717) is 5.82 Å². The Labute approximate surface area is 104 Å². The monoisotopic (exact) mass is 240 g/mol. The standard InChI is InChI=1S/C14H12N2O2/c1-2-5-12(14(17)18)16-13-9-8-10-6-3-4-7-11(10)15-13/h2-9H,1H3,(H,17,18)/b5-2-,16-12?. The SMILES string of the molecule is C/C=C\C(=Nc1ccc2ccccc2n1)C(=O)O. The van der Waals surface area contributed by atoms with Gasteiger partial charge < -0.3 is 5.11 Å². The summed E-state index contributed by atoms with van der Waals surface area (Å²) in [6.45, 7) is 1.74. The van der Waals surface area contributed by atoms with Crippen LogP contribution < -0.4 is 0 Å². The van der Waals surface area contributed by atoms with Gasteiger partial charge in [0, 0.05) is 5.39 Å². The normalized spacial score (nSPS) is 12.2. The van der Waals surface area contributed by atoms with Crippen LogP contribution in [0.5, 0.6) is 0 Å². The van der Waals surface area contributed by atoms with Crippen LogP contribution in [0.3, 0.4) is 0 Å². The Morgan fingerprint density at radius 1 is 1.28 bits per heavy atom. The number of aliphatic imine (C=N–C) groups is 1. The highest BCUT2D eigenvalue weighted by Crippen LogP contribution is 2.16. The van der Waals surface area contributed by atoms with Crippen LogP contribution in [0, 0.1) is 0 Å². The minimum absolute atomic E-state index is 0.0275. The fourth-order valence-corrected chi connectivity index (χ4v) is 1.56. The fraction of sp³-hybridized carbons (Fsp3) is 0.0714. The van der Waals surface area contributed by atoms with Crippen molar-refractivity contribution in [2.45, 2.75) is 6.92 Å². The number of hydrogen-bond acceptors (Lipinski definition) is 3. The van der Waals surface area contributed by atoms with E-state index in [2.05, 4.69) is 9.98 Å². The molecule has 0 aliphatic heterocycles. The first-order chi connectivity index (χ1) is 8.70. The molecule has 1 N–H and O–H groups in total. The zero-order valence-corrected chi connectivity index (χ0v) is 9.87. The van der Waals surface area contributed by atoms with Gasteiger partial charge in [-0.1, -0.05) is 24.3 Å². The summed E-state index contributed by atoms with van der Waals surface area (Å²) in [6.07, 6.45) is 3.08.